The van der Waals surface area contributed by atoms with E-state index in [0.29, 0.717) is 18.7 Å². The van der Waals surface area contributed by atoms with E-state index in [2.05, 4.69) is 10.6 Å². The van der Waals surface area contributed by atoms with Gasteiger partial charge in [0, 0.05) is 12.2 Å². The zero-order valence-corrected chi connectivity index (χ0v) is 11.0. The number of hydrogen-bond acceptors (Lipinski definition) is 3. The van der Waals surface area contributed by atoms with Gasteiger partial charge in [-0.1, -0.05) is 0 Å². The fourth-order valence-electron chi connectivity index (χ4n) is 1.98. The van der Waals surface area contributed by atoms with Crippen molar-refractivity contribution in [3.05, 3.63) is 30.1 Å². The van der Waals surface area contributed by atoms with Crippen molar-refractivity contribution >= 4 is 21.6 Å². The maximum Gasteiger partial charge on any atom is 0.319 e. The Hall–Kier alpha value is -1.63. The van der Waals surface area contributed by atoms with Gasteiger partial charge >= 0.3 is 6.03 Å². The molecule has 1 aromatic rings. The van der Waals surface area contributed by atoms with E-state index in [0.717, 1.165) is 0 Å². The third-order valence-electron chi connectivity index (χ3n) is 2.98. The molecule has 1 aliphatic heterocycles. The molecule has 2 rings (SSSR count). The molecule has 7 heteroatoms. The highest BCUT2D eigenvalue weighted by atomic mass is 32.2. The minimum Gasteiger partial charge on any atom is -0.338 e. The quantitative estimate of drug-likeness (QED) is 0.881. The summed E-state index contributed by atoms with van der Waals surface area (Å²) in [5, 5.41) is 5.16. The van der Waals surface area contributed by atoms with Crippen molar-refractivity contribution < 1.29 is 17.6 Å². The third-order valence-corrected chi connectivity index (χ3v) is 4.82. The Morgan fingerprint density at radius 2 is 2.00 bits per heavy atom. The van der Waals surface area contributed by atoms with Gasteiger partial charge in [0.1, 0.15) is 5.82 Å². The molecular weight excluding hydrogens is 271 g/mol. The molecule has 0 aromatic heterocycles. The summed E-state index contributed by atoms with van der Waals surface area (Å²) in [5.41, 5.74) is 0.484. The summed E-state index contributed by atoms with van der Waals surface area (Å²) in [7, 11) is -2.92. The van der Waals surface area contributed by atoms with Gasteiger partial charge in [0.05, 0.1) is 11.5 Å². The van der Waals surface area contributed by atoms with Crippen molar-refractivity contribution in [2.24, 2.45) is 5.92 Å². The first-order chi connectivity index (χ1) is 8.94. The summed E-state index contributed by atoms with van der Waals surface area (Å²) in [6.45, 7) is 0.326. The highest BCUT2D eigenvalue weighted by molar-refractivity contribution is 7.91. The summed E-state index contributed by atoms with van der Waals surface area (Å²) in [4.78, 5) is 11.6. The molecule has 2 amide bonds. The SMILES string of the molecule is O=C(NCC1CCS(=O)(=O)C1)Nc1ccc(F)cc1. The van der Waals surface area contributed by atoms with Crippen LogP contribution in [0, 0.1) is 11.7 Å². The number of sulfone groups is 1. The minimum absolute atomic E-state index is 0.0241. The van der Waals surface area contributed by atoms with Crippen LogP contribution in [-0.4, -0.2) is 32.5 Å². The number of hydrogen-bond donors (Lipinski definition) is 2. The van der Waals surface area contributed by atoms with Crippen molar-refractivity contribution in [2.75, 3.05) is 23.4 Å². The van der Waals surface area contributed by atoms with E-state index < -0.39 is 15.9 Å². The average Bonchev–Trinajstić information content (AvgIpc) is 2.69. The maximum absolute atomic E-state index is 12.7. The van der Waals surface area contributed by atoms with Crippen molar-refractivity contribution in [3.8, 4) is 0 Å². The van der Waals surface area contributed by atoms with Gasteiger partial charge in [-0.2, -0.15) is 0 Å². The lowest BCUT2D eigenvalue weighted by molar-refractivity contribution is 0.250. The highest BCUT2D eigenvalue weighted by Crippen LogP contribution is 2.17. The van der Waals surface area contributed by atoms with E-state index in [4.69, 9.17) is 0 Å². The van der Waals surface area contributed by atoms with E-state index in [1.54, 1.807) is 0 Å². The Kier molecular flexibility index (Phi) is 4.04. The first-order valence-corrected chi connectivity index (χ1v) is 7.77. The molecule has 19 heavy (non-hydrogen) atoms. The van der Waals surface area contributed by atoms with E-state index >= 15 is 0 Å². The largest absolute Gasteiger partial charge is 0.338 e. The fraction of sp³-hybridized carbons (Fsp3) is 0.417. The Labute approximate surface area is 111 Å². The first-order valence-electron chi connectivity index (χ1n) is 5.95. The maximum atomic E-state index is 12.7. The molecule has 1 atom stereocenters. The van der Waals surface area contributed by atoms with Crippen LogP contribution in [0.15, 0.2) is 24.3 Å². The van der Waals surface area contributed by atoms with Crippen LogP contribution in [0.1, 0.15) is 6.42 Å². The normalized spacial score (nSPS) is 21.0. The Bertz CT molecular complexity index is 557. The molecular formula is C12H15FN2O3S. The molecule has 5 nitrogen and oxygen atoms in total. The number of halogens is 1. The van der Waals surface area contributed by atoms with Gasteiger partial charge < -0.3 is 10.6 Å². The molecule has 0 bridgehead atoms. The number of urea groups is 1. The molecule has 1 fully saturated rings. The summed E-state index contributed by atoms with van der Waals surface area (Å²) in [6, 6.07) is 4.98. The third kappa shape index (κ3) is 4.20. The number of nitrogens with one attached hydrogen (secondary N) is 2. The Morgan fingerprint density at radius 1 is 1.32 bits per heavy atom. The second-order valence-electron chi connectivity index (χ2n) is 4.61. The van der Waals surface area contributed by atoms with E-state index in [-0.39, 0.29) is 23.2 Å². The van der Waals surface area contributed by atoms with Gasteiger partial charge in [0.15, 0.2) is 9.84 Å². The fourth-order valence-corrected chi connectivity index (χ4v) is 3.84. The first kappa shape index (κ1) is 13.8. The van der Waals surface area contributed by atoms with Crippen LogP contribution in [0.25, 0.3) is 0 Å². The van der Waals surface area contributed by atoms with Crippen LogP contribution >= 0.6 is 0 Å². The van der Waals surface area contributed by atoms with Gasteiger partial charge in [-0.3, -0.25) is 0 Å². The zero-order valence-electron chi connectivity index (χ0n) is 10.2. The lowest BCUT2D eigenvalue weighted by Crippen LogP contribution is -2.33. The number of amides is 2. The highest BCUT2D eigenvalue weighted by Gasteiger charge is 2.27. The average molecular weight is 286 g/mol. The van der Waals surface area contributed by atoms with Gasteiger partial charge in [-0.15, -0.1) is 0 Å². The molecule has 0 saturated carbocycles. The standard InChI is InChI=1S/C12H15FN2O3S/c13-10-1-3-11(4-2-10)15-12(16)14-7-9-5-6-19(17,18)8-9/h1-4,9H,5-8H2,(H2,14,15,16). The molecule has 0 aliphatic carbocycles. The van der Waals surface area contributed by atoms with E-state index in [9.17, 15) is 17.6 Å². The Balaban J connectivity index is 1.78. The predicted octanol–water partition coefficient (Wildman–Crippen LogP) is 1.38. The minimum atomic E-state index is -2.92. The molecule has 1 unspecified atom stereocenters. The van der Waals surface area contributed by atoms with Gasteiger partial charge in [-0.05, 0) is 36.6 Å². The lowest BCUT2D eigenvalue weighted by atomic mass is 10.1. The molecule has 0 radical (unpaired) electrons. The smallest absolute Gasteiger partial charge is 0.319 e. The van der Waals surface area contributed by atoms with Gasteiger partial charge in [-0.25, -0.2) is 17.6 Å². The van der Waals surface area contributed by atoms with Crippen LogP contribution in [0.3, 0.4) is 0 Å². The molecule has 1 saturated heterocycles. The summed E-state index contributed by atoms with van der Waals surface area (Å²) < 4.78 is 35.2. The number of carbonyl (C=O) groups is 1. The van der Waals surface area contributed by atoms with Gasteiger partial charge in [0.25, 0.3) is 0 Å². The number of benzene rings is 1. The van der Waals surface area contributed by atoms with Crippen LogP contribution in [0.4, 0.5) is 14.9 Å². The van der Waals surface area contributed by atoms with Crippen LogP contribution in [0.5, 0.6) is 0 Å². The topological polar surface area (TPSA) is 75.3 Å². The molecule has 0 spiro atoms. The van der Waals surface area contributed by atoms with Crippen molar-refractivity contribution in [1.29, 1.82) is 0 Å². The van der Waals surface area contributed by atoms with Crippen molar-refractivity contribution in [2.45, 2.75) is 6.42 Å². The van der Waals surface area contributed by atoms with Crippen LogP contribution in [0.2, 0.25) is 0 Å². The van der Waals surface area contributed by atoms with Gasteiger partial charge in [0.2, 0.25) is 0 Å². The Morgan fingerprint density at radius 3 is 2.58 bits per heavy atom. The monoisotopic (exact) mass is 286 g/mol. The number of rotatable bonds is 3. The van der Waals surface area contributed by atoms with E-state index in [1.807, 2.05) is 0 Å². The molecule has 1 aromatic carbocycles. The van der Waals surface area contributed by atoms with Crippen LogP contribution in [-0.2, 0) is 9.84 Å². The predicted molar refractivity (Wildman–Crippen MR) is 70.2 cm³/mol. The number of carbonyl (C=O) groups excluding carboxylic acids is 1. The second-order valence-corrected chi connectivity index (χ2v) is 6.84. The summed E-state index contributed by atoms with van der Waals surface area (Å²) in [6.07, 6.45) is 0.583. The molecule has 2 N–H and O–H groups in total. The summed E-state index contributed by atoms with van der Waals surface area (Å²) >= 11 is 0. The number of anilines is 1. The van der Waals surface area contributed by atoms with E-state index in [1.165, 1.54) is 24.3 Å². The van der Waals surface area contributed by atoms with Crippen LogP contribution < -0.4 is 10.6 Å². The molecule has 1 aliphatic rings. The summed E-state index contributed by atoms with van der Waals surface area (Å²) in [5.74, 6) is -0.0750. The molecule has 104 valence electrons. The van der Waals surface area contributed by atoms with Crippen molar-refractivity contribution in [1.82, 2.24) is 5.32 Å². The zero-order chi connectivity index (χ0) is 13.9. The molecule has 1 heterocycles. The lowest BCUT2D eigenvalue weighted by Gasteiger charge is -2.10. The second kappa shape index (κ2) is 5.56. The van der Waals surface area contributed by atoms with Crippen molar-refractivity contribution in [3.63, 3.8) is 0 Å².